The third kappa shape index (κ3) is 3.91. The summed E-state index contributed by atoms with van der Waals surface area (Å²) >= 11 is 0. The molecule has 0 saturated carbocycles. The Morgan fingerprint density at radius 1 is 1.07 bits per heavy atom. The van der Waals surface area contributed by atoms with Gasteiger partial charge in [-0.2, -0.15) is 0 Å². The minimum Gasteiger partial charge on any atom is -0.492 e. The van der Waals surface area contributed by atoms with E-state index in [2.05, 4.69) is 11.0 Å². The second-order valence-corrected chi connectivity index (χ2v) is 6.66. The third-order valence-electron chi connectivity index (χ3n) is 4.91. The summed E-state index contributed by atoms with van der Waals surface area (Å²) in [5.41, 5.74) is 2.01. The molecule has 1 saturated heterocycles. The molecule has 146 valence electrons. The van der Waals surface area contributed by atoms with Crippen LogP contribution in [-0.4, -0.2) is 50.4 Å². The standard InChI is InChI=1S/C22H24N2O4/c1-2-26-19-6-4-3-5-18(19)23-11-13-24(14-12-23)22(25)10-8-17-7-9-20-21(15-17)28-16-27-20/h3-10,15H,2,11-14,16H2,1H3. The van der Waals surface area contributed by atoms with Crippen LogP contribution >= 0.6 is 0 Å². The maximum absolute atomic E-state index is 12.6. The number of amides is 1. The average Bonchev–Trinajstić information content (AvgIpc) is 3.21. The van der Waals surface area contributed by atoms with Crippen LogP contribution in [0.25, 0.3) is 6.08 Å². The molecule has 2 aliphatic rings. The lowest BCUT2D eigenvalue weighted by Crippen LogP contribution is -2.48. The van der Waals surface area contributed by atoms with Gasteiger partial charge >= 0.3 is 0 Å². The Balaban J connectivity index is 1.35. The van der Waals surface area contributed by atoms with E-state index in [0.29, 0.717) is 19.7 Å². The predicted molar refractivity (Wildman–Crippen MR) is 108 cm³/mol. The van der Waals surface area contributed by atoms with E-state index < -0.39 is 0 Å². The first-order valence-corrected chi connectivity index (χ1v) is 9.58. The second kappa shape index (κ2) is 8.25. The van der Waals surface area contributed by atoms with Gasteiger partial charge in [-0.3, -0.25) is 4.79 Å². The molecule has 0 spiro atoms. The Hall–Kier alpha value is -3.15. The molecule has 0 aliphatic carbocycles. The van der Waals surface area contributed by atoms with Crippen LogP contribution in [-0.2, 0) is 4.79 Å². The lowest BCUT2D eigenvalue weighted by atomic mass is 10.2. The third-order valence-corrected chi connectivity index (χ3v) is 4.91. The largest absolute Gasteiger partial charge is 0.492 e. The Bertz CT molecular complexity index is 873. The first-order chi connectivity index (χ1) is 13.7. The average molecular weight is 380 g/mol. The number of benzene rings is 2. The highest BCUT2D eigenvalue weighted by atomic mass is 16.7. The molecular formula is C22H24N2O4. The number of anilines is 1. The smallest absolute Gasteiger partial charge is 0.246 e. The molecule has 6 nitrogen and oxygen atoms in total. The fourth-order valence-corrected chi connectivity index (χ4v) is 3.45. The number of piperazine rings is 1. The van der Waals surface area contributed by atoms with Gasteiger partial charge in [0.2, 0.25) is 12.7 Å². The number of nitrogens with zero attached hydrogens (tertiary/aromatic N) is 2. The van der Waals surface area contributed by atoms with Crippen molar-refractivity contribution in [2.45, 2.75) is 6.92 Å². The zero-order chi connectivity index (χ0) is 19.3. The molecule has 2 aromatic rings. The van der Waals surface area contributed by atoms with Gasteiger partial charge in [0.1, 0.15) is 5.75 Å². The number of hydrogen-bond donors (Lipinski definition) is 0. The second-order valence-electron chi connectivity index (χ2n) is 6.66. The number of hydrogen-bond acceptors (Lipinski definition) is 5. The predicted octanol–water partition coefficient (Wildman–Crippen LogP) is 3.18. The van der Waals surface area contributed by atoms with E-state index in [9.17, 15) is 4.79 Å². The maximum atomic E-state index is 12.6. The number of para-hydroxylation sites is 2. The van der Waals surface area contributed by atoms with Gasteiger partial charge in [-0.25, -0.2) is 0 Å². The Kier molecular flexibility index (Phi) is 5.37. The van der Waals surface area contributed by atoms with Crippen LogP contribution in [0.2, 0.25) is 0 Å². The highest BCUT2D eigenvalue weighted by molar-refractivity contribution is 5.92. The highest BCUT2D eigenvalue weighted by Gasteiger charge is 2.21. The lowest BCUT2D eigenvalue weighted by Gasteiger charge is -2.36. The van der Waals surface area contributed by atoms with Gasteiger partial charge in [-0.05, 0) is 42.8 Å². The minimum atomic E-state index is 0.0235. The number of carbonyl (C=O) groups excluding carboxylic acids is 1. The quantitative estimate of drug-likeness (QED) is 0.746. The monoisotopic (exact) mass is 380 g/mol. The molecular weight excluding hydrogens is 356 g/mol. The zero-order valence-electron chi connectivity index (χ0n) is 16.0. The summed E-state index contributed by atoms with van der Waals surface area (Å²) < 4.78 is 16.4. The molecule has 4 rings (SSSR count). The molecule has 0 aromatic heterocycles. The SMILES string of the molecule is CCOc1ccccc1N1CCN(C(=O)C=Cc2ccc3c(c2)OCO3)CC1. The van der Waals surface area contributed by atoms with Crippen LogP contribution in [0, 0.1) is 0 Å². The van der Waals surface area contributed by atoms with Crippen LogP contribution in [0.1, 0.15) is 12.5 Å². The van der Waals surface area contributed by atoms with Crippen LogP contribution in [0.4, 0.5) is 5.69 Å². The first kappa shape index (κ1) is 18.2. The first-order valence-electron chi connectivity index (χ1n) is 9.58. The van der Waals surface area contributed by atoms with Gasteiger partial charge < -0.3 is 24.0 Å². The van der Waals surface area contributed by atoms with Crippen LogP contribution in [0.5, 0.6) is 17.2 Å². The molecule has 2 aliphatic heterocycles. The Morgan fingerprint density at radius 2 is 1.86 bits per heavy atom. The molecule has 6 heteroatoms. The minimum absolute atomic E-state index is 0.0235. The molecule has 0 bridgehead atoms. The van der Waals surface area contributed by atoms with Crippen molar-refractivity contribution in [1.82, 2.24) is 4.90 Å². The summed E-state index contributed by atoms with van der Waals surface area (Å²) in [6, 6.07) is 13.7. The van der Waals surface area contributed by atoms with Crippen molar-refractivity contribution in [3.63, 3.8) is 0 Å². The van der Waals surface area contributed by atoms with Crippen molar-refractivity contribution in [2.75, 3.05) is 44.5 Å². The number of carbonyl (C=O) groups is 1. The van der Waals surface area contributed by atoms with Crippen molar-refractivity contribution >= 4 is 17.7 Å². The Labute approximate surface area is 164 Å². The topological polar surface area (TPSA) is 51.2 Å². The molecule has 0 atom stereocenters. The van der Waals surface area contributed by atoms with Crippen molar-refractivity contribution in [2.24, 2.45) is 0 Å². The summed E-state index contributed by atoms with van der Waals surface area (Å²) in [6.45, 7) is 5.81. The molecule has 0 radical (unpaired) electrons. The maximum Gasteiger partial charge on any atom is 0.246 e. The summed E-state index contributed by atoms with van der Waals surface area (Å²) in [5.74, 6) is 2.38. The van der Waals surface area contributed by atoms with E-state index in [4.69, 9.17) is 14.2 Å². The van der Waals surface area contributed by atoms with E-state index >= 15 is 0 Å². The fraction of sp³-hybridized carbons (Fsp3) is 0.318. The Morgan fingerprint density at radius 3 is 2.68 bits per heavy atom. The van der Waals surface area contributed by atoms with Gasteiger partial charge in [0.15, 0.2) is 11.5 Å². The van der Waals surface area contributed by atoms with E-state index in [1.54, 1.807) is 6.08 Å². The van der Waals surface area contributed by atoms with E-state index in [1.807, 2.05) is 54.3 Å². The fourth-order valence-electron chi connectivity index (χ4n) is 3.45. The molecule has 1 amide bonds. The van der Waals surface area contributed by atoms with Crippen LogP contribution in [0.3, 0.4) is 0 Å². The van der Waals surface area contributed by atoms with Gasteiger partial charge in [0.25, 0.3) is 0 Å². The summed E-state index contributed by atoms with van der Waals surface area (Å²) in [4.78, 5) is 16.7. The van der Waals surface area contributed by atoms with Gasteiger partial charge in [-0.15, -0.1) is 0 Å². The van der Waals surface area contributed by atoms with E-state index in [-0.39, 0.29) is 12.7 Å². The molecule has 28 heavy (non-hydrogen) atoms. The summed E-state index contributed by atoms with van der Waals surface area (Å²) in [6.07, 6.45) is 3.45. The van der Waals surface area contributed by atoms with Crippen molar-refractivity contribution in [3.8, 4) is 17.2 Å². The number of fused-ring (bicyclic) bond motifs is 1. The van der Waals surface area contributed by atoms with Gasteiger partial charge in [0, 0.05) is 32.3 Å². The van der Waals surface area contributed by atoms with Gasteiger partial charge in [0.05, 0.1) is 12.3 Å². The molecule has 2 aromatic carbocycles. The van der Waals surface area contributed by atoms with Gasteiger partial charge in [-0.1, -0.05) is 18.2 Å². The van der Waals surface area contributed by atoms with Crippen molar-refractivity contribution in [1.29, 1.82) is 0 Å². The van der Waals surface area contributed by atoms with Crippen LogP contribution in [0.15, 0.2) is 48.5 Å². The van der Waals surface area contributed by atoms with Crippen LogP contribution < -0.4 is 19.1 Å². The normalized spacial score (nSPS) is 15.9. The molecule has 0 unspecified atom stereocenters. The molecule has 2 heterocycles. The summed E-state index contributed by atoms with van der Waals surface area (Å²) in [5, 5.41) is 0. The van der Waals surface area contributed by atoms with E-state index in [0.717, 1.165) is 41.6 Å². The van der Waals surface area contributed by atoms with E-state index in [1.165, 1.54) is 0 Å². The molecule has 1 fully saturated rings. The van der Waals surface area contributed by atoms with Crippen molar-refractivity contribution in [3.05, 3.63) is 54.1 Å². The van der Waals surface area contributed by atoms with Crippen molar-refractivity contribution < 1.29 is 19.0 Å². The summed E-state index contributed by atoms with van der Waals surface area (Å²) in [7, 11) is 0. The number of rotatable bonds is 5. The zero-order valence-corrected chi connectivity index (χ0v) is 16.0. The molecule has 0 N–H and O–H groups in total. The highest BCUT2D eigenvalue weighted by Crippen LogP contribution is 2.33. The lowest BCUT2D eigenvalue weighted by molar-refractivity contribution is -0.126. The number of ether oxygens (including phenoxy) is 3.